The van der Waals surface area contributed by atoms with E-state index in [2.05, 4.69) is 54.4 Å². The average molecular weight is 288 g/mol. The van der Waals surface area contributed by atoms with Crippen molar-refractivity contribution in [1.82, 2.24) is 10.2 Å². The number of carbonyl (C=O) groups excluding carboxylic acids is 1. The summed E-state index contributed by atoms with van der Waals surface area (Å²) >= 11 is 0. The fourth-order valence-electron chi connectivity index (χ4n) is 2.90. The van der Waals surface area contributed by atoms with Crippen molar-refractivity contribution >= 4 is 5.91 Å². The standard InChI is InChI=1S/C18H28N2O/c1-15(2)10-12-20(14-16-7-4-3-5-8-16)17-9-6-11-19-18(21)13-17/h3-5,7-8,15,17H,6,9-14H2,1-2H3,(H,19,21). The largest absolute Gasteiger partial charge is 0.356 e. The van der Waals surface area contributed by atoms with Gasteiger partial charge in [-0.15, -0.1) is 0 Å². The Labute approximate surface area is 128 Å². The summed E-state index contributed by atoms with van der Waals surface area (Å²) < 4.78 is 0. The van der Waals surface area contributed by atoms with Crippen LogP contribution in [0.15, 0.2) is 30.3 Å². The molecule has 1 heterocycles. The molecule has 1 amide bonds. The molecule has 0 aliphatic carbocycles. The maximum absolute atomic E-state index is 11.9. The minimum atomic E-state index is 0.208. The van der Waals surface area contributed by atoms with E-state index in [0.29, 0.717) is 18.4 Å². The molecule has 1 unspecified atom stereocenters. The van der Waals surface area contributed by atoms with Crippen molar-refractivity contribution in [2.75, 3.05) is 13.1 Å². The molecule has 1 atom stereocenters. The smallest absolute Gasteiger partial charge is 0.221 e. The van der Waals surface area contributed by atoms with Gasteiger partial charge >= 0.3 is 0 Å². The van der Waals surface area contributed by atoms with Gasteiger partial charge in [0.2, 0.25) is 5.91 Å². The fourth-order valence-corrected chi connectivity index (χ4v) is 2.90. The number of hydrogen-bond acceptors (Lipinski definition) is 2. The highest BCUT2D eigenvalue weighted by Crippen LogP contribution is 2.19. The van der Waals surface area contributed by atoms with Gasteiger partial charge in [0.1, 0.15) is 0 Å². The summed E-state index contributed by atoms with van der Waals surface area (Å²) in [5, 5.41) is 2.99. The van der Waals surface area contributed by atoms with Crippen LogP contribution in [0.5, 0.6) is 0 Å². The molecule has 116 valence electrons. The van der Waals surface area contributed by atoms with E-state index in [1.165, 1.54) is 12.0 Å². The molecule has 0 radical (unpaired) electrons. The van der Waals surface area contributed by atoms with Crippen molar-refractivity contribution in [3.8, 4) is 0 Å². The second kappa shape index (κ2) is 8.18. The molecule has 0 saturated carbocycles. The summed E-state index contributed by atoms with van der Waals surface area (Å²) in [5.41, 5.74) is 1.34. The van der Waals surface area contributed by atoms with Crippen LogP contribution in [0.3, 0.4) is 0 Å². The van der Waals surface area contributed by atoms with Crippen LogP contribution in [-0.4, -0.2) is 29.9 Å². The summed E-state index contributed by atoms with van der Waals surface area (Å²) in [6.45, 7) is 7.38. The Hall–Kier alpha value is -1.35. The Bertz CT molecular complexity index is 430. The van der Waals surface area contributed by atoms with Gasteiger partial charge < -0.3 is 5.32 Å². The molecule has 2 rings (SSSR count). The number of carbonyl (C=O) groups is 1. The molecule has 1 fully saturated rings. The third-order valence-electron chi connectivity index (χ3n) is 4.20. The minimum absolute atomic E-state index is 0.208. The zero-order valence-corrected chi connectivity index (χ0v) is 13.3. The van der Waals surface area contributed by atoms with E-state index in [0.717, 1.165) is 32.5 Å². The summed E-state index contributed by atoms with van der Waals surface area (Å²) in [5.74, 6) is 0.906. The van der Waals surface area contributed by atoms with Crippen LogP contribution < -0.4 is 5.32 Å². The lowest BCUT2D eigenvalue weighted by Gasteiger charge is -2.31. The Morgan fingerprint density at radius 3 is 2.76 bits per heavy atom. The molecule has 1 aromatic rings. The quantitative estimate of drug-likeness (QED) is 0.872. The van der Waals surface area contributed by atoms with Crippen molar-refractivity contribution in [1.29, 1.82) is 0 Å². The number of benzene rings is 1. The number of nitrogens with zero attached hydrogens (tertiary/aromatic N) is 1. The van der Waals surface area contributed by atoms with Gasteiger partial charge in [-0.3, -0.25) is 9.69 Å². The summed E-state index contributed by atoms with van der Waals surface area (Å²) in [4.78, 5) is 14.4. The first-order chi connectivity index (χ1) is 10.1. The molecular weight excluding hydrogens is 260 g/mol. The zero-order valence-electron chi connectivity index (χ0n) is 13.3. The van der Waals surface area contributed by atoms with E-state index < -0.39 is 0 Å². The molecule has 1 aromatic carbocycles. The zero-order chi connectivity index (χ0) is 15.1. The topological polar surface area (TPSA) is 32.3 Å². The molecule has 0 aromatic heterocycles. The molecule has 21 heavy (non-hydrogen) atoms. The minimum Gasteiger partial charge on any atom is -0.356 e. The van der Waals surface area contributed by atoms with Crippen molar-refractivity contribution in [2.45, 2.75) is 52.1 Å². The summed E-state index contributed by atoms with van der Waals surface area (Å²) in [6, 6.07) is 11.0. The van der Waals surface area contributed by atoms with Crippen molar-refractivity contribution in [3.63, 3.8) is 0 Å². The van der Waals surface area contributed by atoms with Crippen LogP contribution in [0.1, 0.15) is 45.1 Å². The van der Waals surface area contributed by atoms with E-state index in [9.17, 15) is 4.79 Å². The van der Waals surface area contributed by atoms with Crippen LogP contribution in [0.25, 0.3) is 0 Å². The Kier molecular flexibility index (Phi) is 6.24. The van der Waals surface area contributed by atoms with Gasteiger partial charge in [-0.2, -0.15) is 0 Å². The van der Waals surface area contributed by atoms with E-state index in [1.807, 2.05) is 0 Å². The first kappa shape index (κ1) is 16.0. The van der Waals surface area contributed by atoms with E-state index in [-0.39, 0.29) is 5.91 Å². The van der Waals surface area contributed by atoms with Crippen LogP contribution in [-0.2, 0) is 11.3 Å². The first-order valence-electron chi connectivity index (χ1n) is 8.20. The maximum Gasteiger partial charge on any atom is 0.221 e. The maximum atomic E-state index is 11.9. The van der Waals surface area contributed by atoms with Crippen LogP contribution >= 0.6 is 0 Å². The fraction of sp³-hybridized carbons (Fsp3) is 0.611. The van der Waals surface area contributed by atoms with Crippen LogP contribution in [0.4, 0.5) is 0 Å². The van der Waals surface area contributed by atoms with Gasteiger partial charge in [-0.1, -0.05) is 44.2 Å². The average Bonchev–Trinajstić information content (AvgIpc) is 2.69. The molecule has 3 nitrogen and oxygen atoms in total. The van der Waals surface area contributed by atoms with Gasteiger partial charge in [0.25, 0.3) is 0 Å². The second-order valence-electron chi connectivity index (χ2n) is 6.49. The summed E-state index contributed by atoms with van der Waals surface area (Å²) in [6.07, 6.45) is 4.03. The number of nitrogens with one attached hydrogen (secondary N) is 1. The van der Waals surface area contributed by atoms with Gasteiger partial charge in [0.05, 0.1) is 0 Å². The Morgan fingerprint density at radius 1 is 1.29 bits per heavy atom. The molecule has 0 bridgehead atoms. The van der Waals surface area contributed by atoms with Crippen molar-refractivity contribution in [2.24, 2.45) is 5.92 Å². The predicted molar refractivity (Wildman–Crippen MR) is 87.0 cm³/mol. The molecule has 1 aliphatic heterocycles. The highest BCUT2D eigenvalue weighted by Gasteiger charge is 2.23. The molecule has 3 heteroatoms. The number of rotatable bonds is 6. The van der Waals surface area contributed by atoms with E-state index >= 15 is 0 Å². The first-order valence-corrected chi connectivity index (χ1v) is 8.20. The highest BCUT2D eigenvalue weighted by molar-refractivity contribution is 5.76. The molecule has 1 saturated heterocycles. The van der Waals surface area contributed by atoms with Crippen LogP contribution in [0, 0.1) is 5.92 Å². The molecule has 1 N–H and O–H groups in total. The second-order valence-corrected chi connectivity index (χ2v) is 6.49. The molecule has 1 aliphatic rings. The SMILES string of the molecule is CC(C)CCN(Cc1ccccc1)C1CCCNC(=O)C1. The van der Waals surface area contributed by atoms with Crippen molar-refractivity contribution < 1.29 is 4.79 Å². The number of hydrogen-bond donors (Lipinski definition) is 1. The lowest BCUT2D eigenvalue weighted by molar-refractivity contribution is -0.121. The number of amides is 1. The predicted octanol–water partition coefficient (Wildman–Crippen LogP) is 3.20. The molecule has 0 spiro atoms. The van der Waals surface area contributed by atoms with Gasteiger partial charge in [-0.25, -0.2) is 0 Å². The van der Waals surface area contributed by atoms with E-state index in [4.69, 9.17) is 0 Å². The summed E-state index contributed by atoms with van der Waals surface area (Å²) in [7, 11) is 0. The van der Waals surface area contributed by atoms with Crippen molar-refractivity contribution in [3.05, 3.63) is 35.9 Å². The van der Waals surface area contributed by atoms with Crippen LogP contribution in [0.2, 0.25) is 0 Å². The highest BCUT2D eigenvalue weighted by atomic mass is 16.1. The Balaban J connectivity index is 2.04. The third-order valence-corrected chi connectivity index (χ3v) is 4.20. The van der Waals surface area contributed by atoms with Gasteiger partial charge in [0, 0.05) is 25.6 Å². The molecular formula is C18H28N2O. The third kappa shape index (κ3) is 5.50. The Morgan fingerprint density at radius 2 is 2.05 bits per heavy atom. The van der Waals surface area contributed by atoms with E-state index in [1.54, 1.807) is 0 Å². The lowest BCUT2D eigenvalue weighted by Crippen LogP contribution is -2.38. The van der Waals surface area contributed by atoms with Gasteiger partial charge in [0.15, 0.2) is 0 Å². The normalized spacial score (nSPS) is 19.6. The van der Waals surface area contributed by atoms with Gasteiger partial charge in [-0.05, 0) is 37.3 Å². The lowest BCUT2D eigenvalue weighted by atomic mass is 10.0. The monoisotopic (exact) mass is 288 g/mol.